The maximum atomic E-state index is 12.7. The molecule has 0 bridgehead atoms. The Morgan fingerprint density at radius 1 is 1.20 bits per heavy atom. The minimum absolute atomic E-state index is 0.157. The number of β-amino-alcohol motifs (C(OH)–C–C–N with tert-alkyl or cyclic N) is 1. The highest BCUT2D eigenvalue weighted by Crippen LogP contribution is 2.46. The Morgan fingerprint density at radius 2 is 1.98 bits per heavy atom. The largest absolute Gasteiger partial charge is 0.484 e. The Hall–Kier alpha value is -3.10. The second-order valence-electron chi connectivity index (χ2n) is 12.5. The van der Waals surface area contributed by atoms with E-state index in [1.54, 1.807) is 36.2 Å². The maximum absolute atomic E-state index is 12.7. The summed E-state index contributed by atoms with van der Waals surface area (Å²) in [7, 11) is 0. The second kappa shape index (κ2) is 12.0. The predicted octanol–water partition coefficient (Wildman–Crippen LogP) is 1.28. The first-order chi connectivity index (χ1) is 21.0. The molecule has 0 amide bonds. The molecule has 12 heteroatoms. The van der Waals surface area contributed by atoms with Gasteiger partial charge in [-0.05, 0) is 50.5 Å². The van der Waals surface area contributed by atoms with Crippen molar-refractivity contribution in [2.45, 2.75) is 81.6 Å². The van der Waals surface area contributed by atoms with Gasteiger partial charge in [0.15, 0.2) is 5.43 Å². The van der Waals surface area contributed by atoms with E-state index in [4.69, 9.17) is 18.9 Å². The summed E-state index contributed by atoms with van der Waals surface area (Å²) in [6, 6.07) is 4.95. The number of fused-ring (bicyclic) bond motifs is 3. The van der Waals surface area contributed by atoms with Crippen LogP contribution < -0.4 is 10.2 Å². The van der Waals surface area contributed by atoms with Crippen molar-refractivity contribution >= 4 is 17.2 Å². The zero-order valence-electron chi connectivity index (χ0n) is 24.9. The molecule has 0 spiro atoms. The van der Waals surface area contributed by atoms with Crippen LogP contribution in [-0.4, -0.2) is 98.6 Å². The summed E-state index contributed by atoms with van der Waals surface area (Å²) in [5.41, 5.74) is -0.653. The molecule has 238 valence electrons. The van der Waals surface area contributed by atoms with Crippen molar-refractivity contribution in [3.63, 3.8) is 0 Å². The minimum Gasteiger partial charge on any atom is -0.484 e. The molecule has 4 heterocycles. The molecule has 4 aliphatic rings. The van der Waals surface area contributed by atoms with Crippen LogP contribution in [0, 0.1) is 12.8 Å². The van der Waals surface area contributed by atoms with Gasteiger partial charge in [-0.1, -0.05) is 12.8 Å². The molecule has 6 unspecified atom stereocenters. The lowest BCUT2D eigenvalue weighted by molar-refractivity contribution is -0.368. The average Bonchev–Trinajstić information content (AvgIpc) is 3.77. The molecule has 0 radical (unpaired) electrons. The van der Waals surface area contributed by atoms with Crippen molar-refractivity contribution in [2.24, 2.45) is 10.9 Å². The number of allylic oxidation sites excluding steroid dienone is 1. The number of aryl methyl sites for hydroxylation is 1. The Bertz CT molecular complexity index is 1550. The van der Waals surface area contributed by atoms with Crippen LogP contribution in [0.3, 0.4) is 0 Å². The van der Waals surface area contributed by atoms with E-state index in [2.05, 4.69) is 4.99 Å². The second-order valence-corrected chi connectivity index (χ2v) is 12.5. The van der Waals surface area contributed by atoms with E-state index >= 15 is 0 Å². The molecular weight excluding hydrogens is 572 g/mol. The standard InChI is InChI=1S/C32H40N2O10/c1-18-11-24(36)21-12-19-13-29(31(2,20-5-3-4-6-20)43-26(19)14-27(21)42-18)44-41-16-28(38)32(40,30(39)25(37)15-35)17-34-10-8-22-23(34)7-9-33-22/h7-9,11-12,14,20,25,28-30,35,37-40H,3-6,10,13,15-17H2,1-2H3. The first-order valence-electron chi connectivity index (χ1n) is 15.2. The lowest BCUT2D eigenvalue weighted by Gasteiger charge is -2.45. The summed E-state index contributed by atoms with van der Waals surface area (Å²) in [5.74, 6) is 1.28. The molecule has 6 atom stereocenters. The maximum Gasteiger partial charge on any atom is 0.192 e. The van der Waals surface area contributed by atoms with Crippen LogP contribution in [0.5, 0.6) is 5.75 Å². The third-order valence-corrected chi connectivity index (χ3v) is 9.62. The molecule has 1 saturated carbocycles. The van der Waals surface area contributed by atoms with Crippen LogP contribution in [0.1, 0.15) is 43.9 Å². The molecule has 5 N–H and O–H groups in total. The lowest BCUT2D eigenvalue weighted by atomic mass is 9.78. The van der Waals surface area contributed by atoms with Gasteiger partial charge in [-0.15, -0.1) is 0 Å². The van der Waals surface area contributed by atoms with Crippen LogP contribution in [0.25, 0.3) is 11.0 Å². The summed E-state index contributed by atoms with van der Waals surface area (Å²) in [5, 5.41) is 53.8. The van der Waals surface area contributed by atoms with Crippen molar-refractivity contribution in [3.8, 4) is 5.75 Å². The van der Waals surface area contributed by atoms with Gasteiger partial charge in [0.1, 0.15) is 59.3 Å². The quantitative estimate of drug-likeness (QED) is 0.183. The van der Waals surface area contributed by atoms with Gasteiger partial charge < -0.3 is 39.6 Å². The van der Waals surface area contributed by atoms with Crippen molar-refractivity contribution < 1.29 is 44.5 Å². The van der Waals surface area contributed by atoms with Gasteiger partial charge in [-0.3, -0.25) is 9.79 Å². The number of hydrogen-bond donors (Lipinski definition) is 5. The third kappa shape index (κ3) is 5.49. The SMILES string of the molecule is Cc1cc(=O)c2cc3c(cc2o1)OC(C)(C1CCCC1)C(OOCC(O)C(O)(CN1CC=C2N=CC=C21)C(O)C(O)CO)C3. The van der Waals surface area contributed by atoms with E-state index in [-0.39, 0.29) is 17.9 Å². The fraction of sp³-hybridized carbons (Fsp3) is 0.562. The number of hydrogen-bond acceptors (Lipinski definition) is 12. The lowest BCUT2D eigenvalue weighted by Crippen LogP contribution is -2.63. The van der Waals surface area contributed by atoms with E-state index in [0.29, 0.717) is 46.8 Å². The van der Waals surface area contributed by atoms with Gasteiger partial charge in [-0.25, -0.2) is 9.78 Å². The Kier molecular flexibility index (Phi) is 8.44. The summed E-state index contributed by atoms with van der Waals surface area (Å²) in [4.78, 5) is 30.2. The van der Waals surface area contributed by atoms with Crippen LogP contribution >= 0.6 is 0 Å². The van der Waals surface area contributed by atoms with Crippen LogP contribution in [0.2, 0.25) is 0 Å². The van der Waals surface area contributed by atoms with E-state index in [0.717, 1.165) is 31.2 Å². The molecule has 44 heavy (non-hydrogen) atoms. The molecule has 1 aromatic carbocycles. The molecule has 1 aliphatic carbocycles. The van der Waals surface area contributed by atoms with Gasteiger partial charge in [0.2, 0.25) is 0 Å². The number of ether oxygens (including phenoxy) is 1. The zero-order chi connectivity index (χ0) is 31.2. The molecule has 12 nitrogen and oxygen atoms in total. The third-order valence-electron chi connectivity index (χ3n) is 9.62. The fourth-order valence-electron chi connectivity index (χ4n) is 6.96. The smallest absolute Gasteiger partial charge is 0.192 e. The summed E-state index contributed by atoms with van der Waals surface area (Å²) in [6.45, 7) is 2.41. The fourth-order valence-corrected chi connectivity index (χ4v) is 6.96. The number of aliphatic hydroxyl groups is 5. The number of rotatable bonds is 11. The van der Waals surface area contributed by atoms with Crippen LogP contribution in [0.15, 0.2) is 55.9 Å². The predicted molar refractivity (Wildman–Crippen MR) is 159 cm³/mol. The van der Waals surface area contributed by atoms with Gasteiger partial charge >= 0.3 is 0 Å². The highest BCUT2D eigenvalue weighted by Gasteiger charge is 2.51. The Labute approximate surface area is 254 Å². The molecular formula is C32H40N2O10. The summed E-state index contributed by atoms with van der Waals surface area (Å²) in [6.07, 6.45) is 3.56. The van der Waals surface area contributed by atoms with E-state index in [1.165, 1.54) is 6.07 Å². The van der Waals surface area contributed by atoms with Gasteiger partial charge in [0.25, 0.3) is 0 Å². The van der Waals surface area contributed by atoms with E-state index < -0.39 is 48.8 Å². The van der Waals surface area contributed by atoms with Crippen molar-refractivity contribution in [1.29, 1.82) is 0 Å². The number of benzene rings is 1. The molecule has 1 aromatic heterocycles. The zero-order valence-corrected chi connectivity index (χ0v) is 24.9. The topological polar surface area (TPSA) is 175 Å². The van der Waals surface area contributed by atoms with Gasteiger partial charge in [0, 0.05) is 37.2 Å². The number of nitrogens with zero attached hydrogens (tertiary/aromatic N) is 2. The van der Waals surface area contributed by atoms with E-state index in [9.17, 15) is 30.3 Å². The Morgan fingerprint density at radius 3 is 2.73 bits per heavy atom. The molecule has 6 rings (SSSR count). The van der Waals surface area contributed by atoms with Crippen molar-refractivity contribution in [3.05, 3.63) is 63.3 Å². The number of aliphatic imine (C=N–C) groups is 1. The molecule has 2 aromatic rings. The normalized spacial score (nSPS) is 26.5. The van der Waals surface area contributed by atoms with Crippen molar-refractivity contribution in [2.75, 3.05) is 26.3 Å². The molecule has 3 aliphatic heterocycles. The first kappa shape index (κ1) is 30.9. The summed E-state index contributed by atoms with van der Waals surface area (Å²) >= 11 is 0. The van der Waals surface area contributed by atoms with Crippen LogP contribution in [-0.2, 0) is 16.2 Å². The first-order valence-corrected chi connectivity index (χ1v) is 15.2. The molecule has 0 saturated heterocycles. The Balaban J connectivity index is 1.21. The minimum atomic E-state index is -2.31. The number of aliphatic hydroxyl groups excluding tert-OH is 4. The van der Waals surface area contributed by atoms with Gasteiger partial charge in [0.05, 0.1) is 29.9 Å². The highest BCUT2D eigenvalue weighted by molar-refractivity contribution is 5.80. The average molecular weight is 613 g/mol. The highest BCUT2D eigenvalue weighted by atomic mass is 17.2. The van der Waals surface area contributed by atoms with Gasteiger partial charge in [-0.2, -0.15) is 0 Å². The summed E-state index contributed by atoms with van der Waals surface area (Å²) < 4.78 is 12.4. The van der Waals surface area contributed by atoms with Crippen molar-refractivity contribution in [1.82, 2.24) is 4.90 Å². The van der Waals surface area contributed by atoms with E-state index in [1.807, 2.05) is 13.0 Å². The monoisotopic (exact) mass is 612 g/mol. The van der Waals surface area contributed by atoms with Crippen LogP contribution in [0.4, 0.5) is 0 Å². The molecule has 1 fully saturated rings.